The SMILES string of the molecule is CC(c1cccnc1)N1CCNC(c2ccccc2)C1. The average molecular weight is 267 g/mol. The predicted octanol–water partition coefficient (Wildman–Crippen LogP) is 2.79. The maximum atomic E-state index is 4.24. The van der Waals surface area contributed by atoms with Gasteiger partial charge in [0.25, 0.3) is 0 Å². The summed E-state index contributed by atoms with van der Waals surface area (Å²) in [6.07, 6.45) is 3.81. The van der Waals surface area contributed by atoms with E-state index in [0.29, 0.717) is 12.1 Å². The third kappa shape index (κ3) is 2.89. The molecule has 1 aromatic heterocycles. The lowest BCUT2D eigenvalue weighted by molar-refractivity contribution is 0.153. The zero-order valence-electron chi connectivity index (χ0n) is 11.9. The minimum absolute atomic E-state index is 0.414. The van der Waals surface area contributed by atoms with Gasteiger partial charge in [-0.15, -0.1) is 0 Å². The Balaban J connectivity index is 1.72. The Morgan fingerprint density at radius 2 is 2.05 bits per heavy atom. The van der Waals surface area contributed by atoms with E-state index in [1.807, 2.05) is 18.5 Å². The predicted molar refractivity (Wildman–Crippen MR) is 81.4 cm³/mol. The molecule has 2 heterocycles. The highest BCUT2D eigenvalue weighted by atomic mass is 15.2. The molecule has 3 rings (SSSR count). The molecule has 2 atom stereocenters. The molecule has 0 saturated carbocycles. The molecular formula is C17H21N3. The summed E-state index contributed by atoms with van der Waals surface area (Å²) in [4.78, 5) is 6.77. The molecule has 104 valence electrons. The second-order valence-corrected chi connectivity index (χ2v) is 5.37. The number of nitrogens with one attached hydrogen (secondary N) is 1. The van der Waals surface area contributed by atoms with Gasteiger partial charge in [-0.3, -0.25) is 9.88 Å². The Hall–Kier alpha value is -1.71. The number of benzene rings is 1. The van der Waals surface area contributed by atoms with Crippen LogP contribution < -0.4 is 5.32 Å². The Labute approximate surface area is 120 Å². The summed E-state index contributed by atoms with van der Waals surface area (Å²) in [5.74, 6) is 0. The van der Waals surface area contributed by atoms with Gasteiger partial charge in [0.2, 0.25) is 0 Å². The highest BCUT2D eigenvalue weighted by Gasteiger charge is 2.24. The van der Waals surface area contributed by atoms with Crippen LogP contribution in [0.3, 0.4) is 0 Å². The zero-order valence-corrected chi connectivity index (χ0v) is 11.9. The minimum atomic E-state index is 0.414. The van der Waals surface area contributed by atoms with Crippen LogP contribution in [0.2, 0.25) is 0 Å². The molecule has 1 N–H and O–H groups in total. The fraction of sp³-hybridized carbons (Fsp3) is 0.353. The molecule has 1 aliphatic rings. The van der Waals surface area contributed by atoms with Gasteiger partial charge in [0.05, 0.1) is 0 Å². The number of hydrogen-bond donors (Lipinski definition) is 1. The number of piperazine rings is 1. The molecule has 1 aliphatic heterocycles. The van der Waals surface area contributed by atoms with Crippen LogP contribution in [0.5, 0.6) is 0 Å². The van der Waals surface area contributed by atoms with E-state index in [0.717, 1.165) is 19.6 Å². The molecule has 0 aliphatic carbocycles. The number of nitrogens with zero attached hydrogens (tertiary/aromatic N) is 2. The van der Waals surface area contributed by atoms with Crippen LogP contribution in [0.1, 0.15) is 30.1 Å². The Kier molecular flexibility index (Phi) is 4.09. The van der Waals surface area contributed by atoms with Gasteiger partial charge < -0.3 is 5.32 Å². The summed E-state index contributed by atoms with van der Waals surface area (Å²) < 4.78 is 0. The van der Waals surface area contributed by atoms with E-state index >= 15 is 0 Å². The lowest BCUT2D eigenvalue weighted by atomic mass is 10.0. The van der Waals surface area contributed by atoms with Crippen LogP contribution in [0.15, 0.2) is 54.9 Å². The first-order chi connectivity index (χ1) is 9.84. The molecule has 2 unspecified atom stereocenters. The summed E-state index contributed by atoms with van der Waals surface area (Å²) in [6.45, 7) is 5.42. The first-order valence-electron chi connectivity index (χ1n) is 7.27. The van der Waals surface area contributed by atoms with E-state index in [2.05, 4.69) is 58.5 Å². The van der Waals surface area contributed by atoms with Gasteiger partial charge in [-0.2, -0.15) is 0 Å². The van der Waals surface area contributed by atoms with Crippen molar-refractivity contribution < 1.29 is 0 Å². The second-order valence-electron chi connectivity index (χ2n) is 5.37. The van der Waals surface area contributed by atoms with Crippen molar-refractivity contribution in [3.63, 3.8) is 0 Å². The fourth-order valence-corrected chi connectivity index (χ4v) is 2.87. The Morgan fingerprint density at radius 1 is 1.20 bits per heavy atom. The summed E-state index contributed by atoms with van der Waals surface area (Å²) in [5.41, 5.74) is 2.66. The third-order valence-corrected chi connectivity index (χ3v) is 4.12. The van der Waals surface area contributed by atoms with Crippen LogP contribution in [0.4, 0.5) is 0 Å². The Bertz CT molecular complexity index is 489. The van der Waals surface area contributed by atoms with Crippen LogP contribution in [0.25, 0.3) is 0 Å². The highest BCUT2D eigenvalue weighted by molar-refractivity contribution is 5.20. The summed E-state index contributed by atoms with van der Waals surface area (Å²) in [5, 5.41) is 3.61. The van der Waals surface area contributed by atoms with Gasteiger partial charge in [-0.05, 0) is 24.1 Å². The molecule has 20 heavy (non-hydrogen) atoms. The van der Waals surface area contributed by atoms with Crippen LogP contribution >= 0.6 is 0 Å². The van der Waals surface area contributed by atoms with Gasteiger partial charge >= 0.3 is 0 Å². The van der Waals surface area contributed by atoms with E-state index in [4.69, 9.17) is 0 Å². The lowest BCUT2D eigenvalue weighted by Crippen LogP contribution is -2.46. The fourth-order valence-electron chi connectivity index (χ4n) is 2.87. The summed E-state index contributed by atoms with van der Waals surface area (Å²) in [6, 6.07) is 15.7. The molecule has 0 bridgehead atoms. The monoisotopic (exact) mass is 267 g/mol. The molecule has 0 radical (unpaired) electrons. The van der Waals surface area contributed by atoms with Crippen molar-refractivity contribution in [3.8, 4) is 0 Å². The first-order valence-corrected chi connectivity index (χ1v) is 7.27. The molecular weight excluding hydrogens is 246 g/mol. The second kappa shape index (κ2) is 6.16. The molecule has 1 fully saturated rings. The van der Waals surface area contributed by atoms with Crippen LogP contribution in [0, 0.1) is 0 Å². The number of rotatable bonds is 3. The standard InChI is InChI=1S/C17H21N3/c1-14(16-8-5-9-18-12-16)20-11-10-19-17(13-20)15-6-3-2-4-7-15/h2-9,12,14,17,19H,10-11,13H2,1H3. The molecule has 0 spiro atoms. The maximum absolute atomic E-state index is 4.24. The van der Waals surface area contributed by atoms with Crippen LogP contribution in [-0.2, 0) is 0 Å². The number of hydrogen-bond acceptors (Lipinski definition) is 3. The zero-order chi connectivity index (χ0) is 13.8. The summed E-state index contributed by atoms with van der Waals surface area (Å²) in [7, 11) is 0. The van der Waals surface area contributed by atoms with Crippen LogP contribution in [-0.4, -0.2) is 29.5 Å². The summed E-state index contributed by atoms with van der Waals surface area (Å²) >= 11 is 0. The van der Waals surface area contributed by atoms with Crippen molar-refractivity contribution in [1.29, 1.82) is 0 Å². The van der Waals surface area contributed by atoms with E-state index in [-0.39, 0.29) is 0 Å². The van der Waals surface area contributed by atoms with E-state index in [9.17, 15) is 0 Å². The molecule has 2 aromatic rings. The van der Waals surface area contributed by atoms with Crippen molar-refractivity contribution in [2.45, 2.75) is 19.0 Å². The quantitative estimate of drug-likeness (QED) is 0.927. The van der Waals surface area contributed by atoms with Crippen molar-refractivity contribution in [3.05, 3.63) is 66.0 Å². The van der Waals surface area contributed by atoms with Gasteiger partial charge in [0.1, 0.15) is 0 Å². The van der Waals surface area contributed by atoms with E-state index in [1.54, 1.807) is 0 Å². The van der Waals surface area contributed by atoms with Crippen molar-refractivity contribution in [1.82, 2.24) is 15.2 Å². The van der Waals surface area contributed by atoms with Gasteiger partial charge in [-0.1, -0.05) is 36.4 Å². The van der Waals surface area contributed by atoms with E-state index < -0.39 is 0 Å². The number of pyridine rings is 1. The van der Waals surface area contributed by atoms with Crippen molar-refractivity contribution in [2.24, 2.45) is 0 Å². The van der Waals surface area contributed by atoms with Gasteiger partial charge in [0, 0.05) is 44.1 Å². The van der Waals surface area contributed by atoms with E-state index in [1.165, 1.54) is 11.1 Å². The Morgan fingerprint density at radius 3 is 2.80 bits per heavy atom. The molecule has 1 saturated heterocycles. The largest absolute Gasteiger partial charge is 0.308 e. The molecule has 1 aromatic carbocycles. The first kappa shape index (κ1) is 13.3. The highest BCUT2D eigenvalue weighted by Crippen LogP contribution is 2.25. The average Bonchev–Trinajstić information content (AvgIpc) is 2.56. The maximum Gasteiger partial charge on any atom is 0.0449 e. The van der Waals surface area contributed by atoms with Gasteiger partial charge in [0.15, 0.2) is 0 Å². The molecule has 0 amide bonds. The topological polar surface area (TPSA) is 28.2 Å². The molecule has 3 nitrogen and oxygen atoms in total. The van der Waals surface area contributed by atoms with Crippen molar-refractivity contribution >= 4 is 0 Å². The van der Waals surface area contributed by atoms with Gasteiger partial charge in [-0.25, -0.2) is 0 Å². The lowest BCUT2D eigenvalue weighted by Gasteiger charge is -2.37. The third-order valence-electron chi connectivity index (χ3n) is 4.12. The minimum Gasteiger partial charge on any atom is -0.308 e. The number of aromatic nitrogens is 1. The smallest absolute Gasteiger partial charge is 0.0449 e. The molecule has 3 heteroatoms. The normalized spacial score (nSPS) is 21.6. The van der Waals surface area contributed by atoms with Crippen molar-refractivity contribution in [2.75, 3.05) is 19.6 Å².